The summed E-state index contributed by atoms with van der Waals surface area (Å²) in [7, 11) is 3.17. The molecule has 0 unspecified atom stereocenters. The van der Waals surface area contributed by atoms with Crippen LogP contribution in [0.2, 0.25) is 0 Å². The SMILES string of the molecule is COc1cc(OC)c(I)c(NC(=O)c2csc3c(Nc4cc(C)ccn4)ncnc23)c1C. The van der Waals surface area contributed by atoms with Crippen molar-refractivity contribution in [1.82, 2.24) is 15.0 Å². The molecule has 0 bridgehead atoms. The van der Waals surface area contributed by atoms with Gasteiger partial charge in [0.15, 0.2) is 5.82 Å². The fraction of sp³-hybridized carbons (Fsp3) is 0.182. The van der Waals surface area contributed by atoms with Crippen molar-refractivity contribution in [2.24, 2.45) is 0 Å². The molecule has 0 aliphatic carbocycles. The van der Waals surface area contributed by atoms with E-state index in [0.29, 0.717) is 39.9 Å². The summed E-state index contributed by atoms with van der Waals surface area (Å²) in [5.74, 6) is 2.26. The van der Waals surface area contributed by atoms with Gasteiger partial charge in [-0.15, -0.1) is 11.3 Å². The summed E-state index contributed by atoms with van der Waals surface area (Å²) in [4.78, 5) is 26.3. The molecule has 8 nitrogen and oxygen atoms in total. The van der Waals surface area contributed by atoms with Crippen LogP contribution < -0.4 is 20.1 Å². The third-order valence-electron chi connectivity index (χ3n) is 4.88. The molecule has 4 aromatic rings. The Morgan fingerprint density at radius 3 is 2.59 bits per heavy atom. The number of fused-ring (bicyclic) bond motifs is 1. The summed E-state index contributed by atoms with van der Waals surface area (Å²) in [5, 5.41) is 8.01. The van der Waals surface area contributed by atoms with Crippen molar-refractivity contribution in [1.29, 1.82) is 0 Å². The molecule has 32 heavy (non-hydrogen) atoms. The highest BCUT2D eigenvalue weighted by Crippen LogP contribution is 2.38. The number of anilines is 3. The van der Waals surface area contributed by atoms with Crippen LogP contribution in [0.15, 0.2) is 36.1 Å². The third kappa shape index (κ3) is 4.19. The number of carbonyl (C=O) groups excluding carboxylic acids is 1. The zero-order valence-electron chi connectivity index (χ0n) is 17.8. The van der Waals surface area contributed by atoms with Crippen LogP contribution in [0.5, 0.6) is 11.5 Å². The third-order valence-corrected chi connectivity index (χ3v) is 6.93. The molecular formula is C22H20IN5O3S. The normalized spacial score (nSPS) is 10.8. The van der Waals surface area contributed by atoms with E-state index in [1.807, 2.05) is 26.0 Å². The number of benzene rings is 1. The summed E-state index contributed by atoms with van der Waals surface area (Å²) in [6.45, 7) is 3.88. The molecule has 0 atom stereocenters. The molecule has 4 rings (SSSR count). The predicted octanol–water partition coefficient (Wildman–Crippen LogP) is 5.32. The topological polar surface area (TPSA) is 98.3 Å². The summed E-state index contributed by atoms with van der Waals surface area (Å²) in [6.07, 6.45) is 3.17. The number of nitrogens with one attached hydrogen (secondary N) is 2. The average Bonchev–Trinajstić information content (AvgIpc) is 3.22. The maximum atomic E-state index is 13.2. The lowest BCUT2D eigenvalue weighted by Crippen LogP contribution is -2.14. The van der Waals surface area contributed by atoms with Gasteiger partial charge >= 0.3 is 0 Å². The molecule has 0 aliphatic heterocycles. The van der Waals surface area contributed by atoms with Crippen molar-refractivity contribution in [2.75, 3.05) is 24.9 Å². The Kier molecular flexibility index (Phi) is 6.42. The van der Waals surface area contributed by atoms with Crippen LogP contribution in [0.1, 0.15) is 21.5 Å². The second kappa shape index (κ2) is 9.25. The monoisotopic (exact) mass is 561 g/mol. The first kappa shape index (κ1) is 22.2. The van der Waals surface area contributed by atoms with Crippen molar-refractivity contribution in [3.63, 3.8) is 0 Å². The highest BCUT2D eigenvalue weighted by atomic mass is 127. The summed E-state index contributed by atoms with van der Waals surface area (Å²) < 4.78 is 12.4. The fourth-order valence-corrected chi connectivity index (χ4v) is 5.08. The standard InChI is InChI=1S/C22H20IN5O3S/c1-11-5-6-24-16(7-11)27-21-20-19(25-10-26-21)13(9-32-20)22(29)28-18-12(2)14(30-3)8-15(31-4)17(18)23/h5-10H,1-4H3,(H,28,29)(H,24,25,26,27). The molecule has 0 aliphatic rings. The molecule has 0 fully saturated rings. The van der Waals surface area contributed by atoms with Crippen molar-refractivity contribution in [2.45, 2.75) is 13.8 Å². The number of ether oxygens (including phenoxy) is 2. The van der Waals surface area contributed by atoms with Gasteiger partial charge in [0.2, 0.25) is 0 Å². The molecule has 2 N–H and O–H groups in total. The van der Waals surface area contributed by atoms with Crippen molar-refractivity contribution in [3.05, 3.63) is 56.4 Å². The fourth-order valence-electron chi connectivity index (χ4n) is 3.22. The van der Waals surface area contributed by atoms with E-state index in [2.05, 4.69) is 48.2 Å². The molecule has 3 heterocycles. The first-order valence-corrected chi connectivity index (χ1v) is 11.5. The van der Waals surface area contributed by atoms with E-state index in [1.165, 1.54) is 17.7 Å². The number of aryl methyl sites for hydroxylation is 1. The zero-order chi connectivity index (χ0) is 22.8. The number of amides is 1. The number of carbonyl (C=O) groups is 1. The molecule has 0 radical (unpaired) electrons. The second-order valence-corrected chi connectivity index (χ2v) is 8.90. The van der Waals surface area contributed by atoms with Gasteiger partial charge in [-0.1, -0.05) is 0 Å². The highest BCUT2D eigenvalue weighted by molar-refractivity contribution is 14.1. The highest BCUT2D eigenvalue weighted by Gasteiger charge is 2.21. The van der Waals surface area contributed by atoms with Gasteiger partial charge in [-0.2, -0.15) is 0 Å². The Morgan fingerprint density at radius 2 is 1.88 bits per heavy atom. The van der Waals surface area contributed by atoms with Crippen LogP contribution in [0, 0.1) is 17.4 Å². The van der Waals surface area contributed by atoms with E-state index in [4.69, 9.17) is 9.47 Å². The number of nitrogens with zero attached hydrogens (tertiary/aromatic N) is 3. The van der Waals surface area contributed by atoms with Crippen LogP contribution in [-0.2, 0) is 0 Å². The van der Waals surface area contributed by atoms with E-state index >= 15 is 0 Å². The maximum absolute atomic E-state index is 13.2. The number of pyridine rings is 1. The molecular weight excluding hydrogens is 541 g/mol. The molecule has 10 heteroatoms. The van der Waals surface area contributed by atoms with Gasteiger partial charge < -0.3 is 20.1 Å². The van der Waals surface area contributed by atoms with Gasteiger partial charge in [-0.25, -0.2) is 15.0 Å². The van der Waals surface area contributed by atoms with E-state index < -0.39 is 0 Å². The van der Waals surface area contributed by atoms with Crippen molar-refractivity contribution in [3.8, 4) is 11.5 Å². The maximum Gasteiger partial charge on any atom is 0.258 e. The van der Waals surface area contributed by atoms with Crippen molar-refractivity contribution < 1.29 is 14.3 Å². The van der Waals surface area contributed by atoms with Crippen LogP contribution in [0.25, 0.3) is 10.2 Å². The summed E-state index contributed by atoms with van der Waals surface area (Å²) in [5.41, 5.74) is 3.57. The van der Waals surface area contributed by atoms with E-state index in [0.717, 1.165) is 19.4 Å². The van der Waals surface area contributed by atoms with Crippen molar-refractivity contribution >= 4 is 67.4 Å². The number of aromatic nitrogens is 3. The summed E-state index contributed by atoms with van der Waals surface area (Å²) in [6, 6.07) is 5.65. The number of halogens is 1. The number of hydrogen-bond donors (Lipinski definition) is 2. The number of rotatable bonds is 6. The van der Waals surface area contributed by atoms with Gasteiger partial charge in [0.25, 0.3) is 5.91 Å². The Bertz CT molecular complexity index is 1300. The Hall–Kier alpha value is -2.99. The Morgan fingerprint density at radius 1 is 1.09 bits per heavy atom. The molecule has 164 valence electrons. The number of hydrogen-bond acceptors (Lipinski definition) is 8. The first-order chi connectivity index (χ1) is 15.4. The van der Waals surface area contributed by atoms with E-state index in [1.54, 1.807) is 31.9 Å². The van der Waals surface area contributed by atoms with Crippen LogP contribution in [-0.4, -0.2) is 35.1 Å². The van der Waals surface area contributed by atoms with E-state index in [-0.39, 0.29) is 5.91 Å². The molecule has 0 saturated carbocycles. The number of methoxy groups -OCH3 is 2. The first-order valence-electron chi connectivity index (χ1n) is 9.57. The lowest BCUT2D eigenvalue weighted by Gasteiger charge is -2.16. The molecule has 1 aromatic carbocycles. The van der Waals surface area contributed by atoms with Gasteiger partial charge in [0.1, 0.15) is 23.6 Å². The van der Waals surface area contributed by atoms with Gasteiger partial charge in [-0.05, 0) is 54.1 Å². The minimum Gasteiger partial charge on any atom is -0.496 e. The lowest BCUT2D eigenvalue weighted by molar-refractivity contribution is 0.102. The zero-order valence-corrected chi connectivity index (χ0v) is 20.8. The van der Waals surface area contributed by atoms with Gasteiger partial charge in [0, 0.05) is 23.2 Å². The quantitative estimate of drug-likeness (QED) is 0.308. The molecule has 1 amide bonds. The lowest BCUT2D eigenvalue weighted by atomic mass is 10.1. The van der Waals surface area contributed by atoms with Gasteiger partial charge in [-0.3, -0.25) is 4.79 Å². The van der Waals surface area contributed by atoms with Crippen LogP contribution >= 0.6 is 33.9 Å². The second-order valence-electron chi connectivity index (χ2n) is 6.94. The smallest absolute Gasteiger partial charge is 0.258 e. The Balaban J connectivity index is 1.69. The van der Waals surface area contributed by atoms with Gasteiger partial charge in [0.05, 0.1) is 39.3 Å². The largest absolute Gasteiger partial charge is 0.496 e. The van der Waals surface area contributed by atoms with Crippen LogP contribution in [0.3, 0.4) is 0 Å². The minimum atomic E-state index is -0.272. The molecule has 0 spiro atoms. The Labute approximate surface area is 202 Å². The molecule has 0 saturated heterocycles. The summed E-state index contributed by atoms with van der Waals surface area (Å²) >= 11 is 3.55. The predicted molar refractivity (Wildman–Crippen MR) is 135 cm³/mol. The number of thiophene rings is 1. The van der Waals surface area contributed by atoms with Crippen LogP contribution in [0.4, 0.5) is 17.3 Å². The van der Waals surface area contributed by atoms with E-state index in [9.17, 15) is 4.79 Å². The molecule has 3 aromatic heterocycles. The average molecular weight is 561 g/mol. The minimum absolute atomic E-state index is 0.272.